The summed E-state index contributed by atoms with van der Waals surface area (Å²) >= 11 is 3.46. The number of benzene rings is 1. The first-order valence-electron chi connectivity index (χ1n) is 5.81. The second-order valence-electron chi connectivity index (χ2n) is 4.31. The van der Waals surface area contributed by atoms with Gasteiger partial charge in [-0.05, 0) is 52.4 Å². The number of aliphatic hydroxyl groups excluding tert-OH is 1. The summed E-state index contributed by atoms with van der Waals surface area (Å²) in [6.07, 6.45) is 1.93. The summed E-state index contributed by atoms with van der Waals surface area (Å²) in [5.41, 5.74) is 0.957. The van der Waals surface area contributed by atoms with Gasteiger partial charge in [0.2, 0.25) is 0 Å². The number of hydrogen-bond acceptors (Lipinski definition) is 3. The molecule has 17 heavy (non-hydrogen) atoms. The molecule has 0 spiro atoms. The molecule has 0 amide bonds. The Hall–Kier alpha value is -0.580. The first-order valence-corrected chi connectivity index (χ1v) is 6.61. The lowest BCUT2D eigenvalue weighted by Crippen LogP contribution is -2.05. The quantitative estimate of drug-likeness (QED) is 0.821. The average Bonchev–Trinajstić information content (AvgIpc) is 3.14. The van der Waals surface area contributed by atoms with Crippen molar-refractivity contribution in [2.75, 3.05) is 20.3 Å². The molecule has 1 saturated carbocycles. The monoisotopic (exact) mass is 300 g/mol. The normalized spacial score (nSPS) is 16.9. The molecule has 0 bridgehead atoms. The SMILES string of the molecule is COCCOc1ccc(C(O)C2CC2)cc1Br. The van der Waals surface area contributed by atoms with Crippen molar-refractivity contribution < 1.29 is 14.6 Å². The van der Waals surface area contributed by atoms with Crippen molar-refractivity contribution in [3.8, 4) is 5.75 Å². The van der Waals surface area contributed by atoms with Gasteiger partial charge in [-0.25, -0.2) is 0 Å². The molecule has 1 atom stereocenters. The zero-order valence-corrected chi connectivity index (χ0v) is 11.4. The van der Waals surface area contributed by atoms with Gasteiger partial charge in [0.25, 0.3) is 0 Å². The Morgan fingerprint density at radius 1 is 1.41 bits per heavy atom. The van der Waals surface area contributed by atoms with Crippen molar-refractivity contribution in [3.05, 3.63) is 28.2 Å². The van der Waals surface area contributed by atoms with Gasteiger partial charge in [0.15, 0.2) is 0 Å². The van der Waals surface area contributed by atoms with E-state index in [9.17, 15) is 5.11 Å². The topological polar surface area (TPSA) is 38.7 Å². The van der Waals surface area contributed by atoms with E-state index in [0.29, 0.717) is 19.1 Å². The molecular weight excluding hydrogens is 284 g/mol. The molecule has 1 aromatic carbocycles. The van der Waals surface area contributed by atoms with E-state index in [-0.39, 0.29) is 6.10 Å². The second kappa shape index (κ2) is 5.85. The fourth-order valence-electron chi connectivity index (χ4n) is 1.74. The van der Waals surface area contributed by atoms with Crippen molar-refractivity contribution in [1.29, 1.82) is 0 Å². The standard InChI is InChI=1S/C13H17BrO3/c1-16-6-7-17-12-5-4-10(8-11(12)14)13(15)9-2-3-9/h4-5,8-9,13,15H,2-3,6-7H2,1H3. The molecule has 0 aromatic heterocycles. The van der Waals surface area contributed by atoms with Crippen LogP contribution in [0.4, 0.5) is 0 Å². The van der Waals surface area contributed by atoms with E-state index in [4.69, 9.17) is 9.47 Å². The van der Waals surface area contributed by atoms with Gasteiger partial charge in [0.1, 0.15) is 12.4 Å². The third kappa shape index (κ3) is 3.44. The van der Waals surface area contributed by atoms with E-state index in [1.807, 2.05) is 18.2 Å². The average molecular weight is 301 g/mol. The maximum absolute atomic E-state index is 10.0. The largest absolute Gasteiger partial charge is 0.490 e. The highest BCUT2D eigenvalue weighted by molar-refractivity contribution is 9.10. The van der Waals surface area contributed by atoms with Gasteiger partial charge in [0, 0.05) is 7.11 Å². The molecule has 1 fully saturated rings. The minimum absolute atomic E-state index is 0.334. The minimum atomic E-state index is -0.334. The van der Waals surface area contributed by atoms with Crippen molar-refractivity contribution >= 4 is 15.9 Å². The number of aliphatic hydroxyl groups is 1. The molecule has 1 unspecified atom stereocenters. The summed E-state index contributed by atoms with van der Waals surface area (Å²) in [7, 11) is 1.65. The summed E-state index contributed by atoms with van der Waals surface area (Å²) in [6.45, 7) is 1.10. The zero-order chi connectivity index (χ0) is 12.3. The van der Waals surface area contributed by atoms with Crippen LogP contribution in [0.15, 0.2) is 22.7 Å². The maximum atomic E-state index is 10.0. The van der Waals surface area contributed by atoms with E-state index in [1.54, 1.807) is 7.11 Å². The van der Waals surface area contributed by atoms with E-state index < -0.39 is 0 Å². The first kappa shape index (κ1) is 12.9. The highest BCUT2D eigenvalue weighted by atomic mass is 79.9. The fraction of sp³-hybridized carbons (Fsp3) is 0.538. The van der Waals surface area contributed by atoms with Crippen molar-refractivity contribution in [3.63, 3.8) is 0 Å². The van der Waals surface area contributed by atoms with Crippen LogP contribution < -0.4 is 4.74 Å². The van der Waals surface area contributed by atoms with Crippen molar-refractivity contribution in [2.45, 2.75) is 18.9 Å². The van der Waals surface area contributed by atoms with Gasteiger partial charge in [-0.15, -0.1) is 0 Å². The molecule has 1 aromatic rings. The Morgan fingerprint density at radius 2 is 2.18 bits per heavy atom. The van der Waals surface area contributed by atoms with Crippen molar-refractivity contribution in [2.24, 2.45) is 5.92 Å². The van der Waals surface area contributed by atoms with Gasteiger partial charge >= 0.3 is 0 Å². The summed E-state index contributed by atoms with van der Waals surface area (Å²) in [6, 6.07) is 5.75. The lowest BCUT2D eigenvalue weighted by atomic mass is 10.1. The van der Waals surface area contributed by atoms with Crippen LogP contribution in [0.25, 0.3) is 0 Å². The van der Waals surface area contributed by atoms with Crippen LogP contribution in [0.3, 0.4) is 0 Å². The predicted octanol–water partition coefficient (Wildman–Crippen LogP) is 2.92. The third-order valence-corrected chi connectivity index (χ3v) is 3.53. The summed E-state index contributed by atoms with van der Waals surface area (Å²) in [4.78, 5) is 0. The molecule has 94 valence electrons. The van der Waals surface area contributed by atoms with Gasteiger partial charge in [-0.2, -0.15) is 0 Å². The third-order valence-electron chi connectivity index (χ3n) is 2.91. The highest BCUT2D eigenvalue weighted by Gasteiger charge is 2.30. The Balaban J connectivity index is 2.00. The Morgan fingerprint density at radius 3 is 2.76 bits per heavy atom. The van der Waals surface area contributed by atoms with Gasteiger partial charge < -0.3 is 14.6 Å². The predicted molar refractivity (Wildman–Crippen MR) is 69.2 cm³/mol. The molecular formula is C13H17BrO3. The van der Waals surface area contributed by atoms with Crippen LogP contribution in [0.1, 0.15) is 24.5 Å². The number of halogens is 1. The van der Waals surface area contributed by atoms with Crippen molar-refractivity contribution in [1.82, 2.24) is 0 Å². The van der Waals surface area contributed by atoms with E-state index >= 15 is 0 Å². The van der Waals surface area contributed by atoms with Gasteiger partial charge in [0.05, 0.1) is 17.2 Å². The second-order valence-corrected chi connectivity index (χ2v) is 5.17. The Labute approximate surface area is 110 Å². The van der Waals surface area contributed by atoms with E-state index in [1.165, 1.54) is 0 Å². The van der Waals surface area contributed by atoms with Gasteiger partial charge in [-0.3, -0.25) is 0 Å². The molecule has 0 aliphatic heterocycles. The fourth-order valence-corrected chi connectivity index (χ4v) is 2.25. The number of ether oxygens (including phenoxy) is 2. The minimum Gasteiger partial charge on any atom is -0.490 e. The lowest BCUT2D eigenvalue weighted by molar-refractivity contribution is 0.145. The summed E-state index contributed by atoms with van der Waals surface area (Å²) < 4.78 is 11.3. The van der Waals surface area contributed by atoms with Crippen LogP contribution in [0.5, 0.6) is 5.75 Å². The Bertz CT molecular complexity index is 377. The number of hydrogen-bond donors (Lipinski definition) is 1. The molecule has 1 aliphatic rings. The summed E-state index contributed by atoms with van der Waals surface area (Å²) in [5, 5.41) is 10.0. The van der Waals surface area contributed by atoms with Crippen LogP contribution >= 0.6 is 15.9 Å². The molecule has 0 heterocycles. The van der Waals surface area contributed by atoms with Crippen LogP contribution in [-0.2, 0) is 4.74 Å². The molecule has 2 rings (SSSR count). The molecule has 0 saturated heterocycles. The van der Waals surface area contributed by atoms with E-state index in [2.05, 4.69) is 15.9 Å². The van der Waals surface area contributed by atoms with Gasteiger partial charge in [-0.1, -0.05) is 6.07 Å². The highest BCUT2D eigenvalue weighted by Crippen LogP contribution is 2.42. The van der Waals surface area contributed by atoms with Crippen LogP contribution in [-0.4, -0.2) is 25.4 Å². The maximum Gasteiger partial charge on any atom is 0.133 e. The van der Waals surface area contributed by atoms with Crippen LogP contribution in [0, 0.1) is 5.92 Å². The number of methoxy groups -OCH3 is 1. The zero-order valence-electron chi connectivity index (χ0n) is 9.86. The van der Waals surface area contributed by atoms with E-state index in [0.717, 1.165) is 28.6 Å². The smallest absolute Gasteiger partial charge is 0.133 e. The first-order chi connectivity index (χ1) is 8.22. The summed E-state index contributed by atoms with van der Waals surface area (Å²) in [5.74, 6) is 1.23. The molecule has 4 heteroatoms. The number of rotatable bonds is 6. The Kier molecular flexibility index (Phi) is 4.42. The molecule has 1 aliphatic carbocycles. The molecule has 0 radical (unpaired) electrons. The molecule has 1 N–H and O–H groups in total. The lowest BCUT2D eigenvalue weighted by Gasteiger charge is -2.13. The molecule has 3 nitrogen and oxygen atoms in total. The van der Waals surface area contributed by atoms with Crippen LogP contribution in [0.2, 0.25) is 0 Å².